The Morgan fingerprint density at radius 1 is 1.35 bits per heavy atom. The van der Waals surface area contributed by atoms with Gasteiger partial charge in [0.15, 0.2) is 5.78 Å². The molecule has 1 aromatic rings. The SMILES string of the molecule is CN(C)c1ccc(C(F)(F)F)c(C(=O)CN)c1. The highest BCUT2D eigenvalue weighted by Gasteiger charge is 2.34. The molecular weight excluding hydrogens is 233 g/mol. The molecule has 0 heterocycles. The number of rotatable bonds is 3. The van der Waals surface area contributed by atoms with Crippen molar-refractivity contribution in [3.63, 3.8) is 0 Å². The molecule has 3 nitrogen and oxygen atoms in total. The maximum Gasteiger partial charge on any atom is 0.417 e. The summed E-state index contributed by atoms with van der Waals surface area (Å²) in [5.74, 6) is -0.721. The number of benzene rings is 1. The molecule has 0 fully saturated rings. The van der Waals surface area contributed by atoms with Gasteiger partial charge < -0.3 is 10.6 Å². The molecule has 0 saturated heterocycles. The first-order valence-electron chi connectivity index (χ1n) is 4.89. The Labute approximate surface area is 97.0 Å². The number of nitrogens with zero attached hydrogens (tertiary/aromatic N) is 1. The van der Waals surface area contributed by atoms with E-state index in [4.69, 9.17) is 5.73 Å². The van der Waals surface area contributed by atoms with E-state index in [9.17, 15) is 18.0 Å². The Kier molecular flexibility index (Phi) is 3.77. The van der Waals surface area contributed by atoms with Crippen LogP contribution in [0.4, 0.5) is 18.9 Å². The van der Waals surface area contributed by atoms with Gasteiger partial charge >= 0.3 is 6.18 Å². The predicted octanol–water partition coefficient (Wildman–Crippen LogP) is 1.91. The van der Waals surface area contributed by atoms with Crippen molar-refractivity contribution in [1.82, 2.24) is 0 Å². The lowest BCUT2D eigenvalue weighted by Gasteiger charge is -2.17. The standard InChI is InChI=1S/C11H13F3N2O/c1-16(2)7-3-4-9(11(12,13)14)8(5-7)10(17)6-15/h3-5H,6,15H2,1-2H3. The first kappa shape index (κ1) is 13.5. The lowest BCUT2D eigenvalue weighted by Crippen LogP contribution is -2.20. The number of hydrogen-bond acceptors (Lipinski definition) is 3. The molecule has 0 amide bonds. The van der Waals surface area contributed by atoms with Crippen LogP contribution in [0.2, 0.25) is 0 Å². The van der Waals surface area contributed by atoms with Gasteiger partial charge in [-0.1, -0.05) is 0 Å². The summed E-state index contributed by atoms with van der Waals surface area (Å²) in [6.07, 6.45) is -4.55. The summed E-state index contributed by atoms with van der Waals surface area (Å²) in [6, 6.07) is 3.42. The van der Waals surface area contributed by atoms with E-state index in [0.717, 1.165) is 6.07 Å². The second-order valence-electron chi connectivity index (χ2n) is 3.75. The number of Topliss-reactive ketones (excluding diaryl/α,β-unsaturated/α-hetero) is 1. The molecule has 0 unspecified atom stereocenters. The normalized spacial score (nSPS) is 11.4. The van der Waals surface area contributed by atoms with Crippen LogP contribution in [0, 0.1) is 0 Å². The summed E-state index contributed by atoms with van der Waals surface area (Å²) in [6.45, 7) is -0.444. The minimum Gasteiger partial charge on any atom is -0.378 e. The van der Waals surface area contributed by atoms with Crippen molar-refractivity contribution in [2.75, 3.05) is 25.5 Å². The van der Waals surface area contributed by atoms with E-state index < -0.39 is 24.1 Å². The third kappa shape index (κ3) is 2.97. The number of anilines is 1. The van der Waals surface area contributed by atoms with Crippen molar-refractivity contribution < 1.29 is 18.0 Å². The lowest BCUT2D eigenvalue weighted by atomic mass is 10.0. The first-order valence-corrected chi connectivity index (χ1v) is 4.89. The molecule has 1 rings (SSSR count). The van der Waals surface area contributed by atoms with Gasteiger partial charge in [0.1, 0.15) is 0 Å². The Morgan fingerprint density at radius 3 is 2.35 bits per heavy atom. The topological polar surface area (TPSA) is 46.3 Å². The number of halogens is 3. The summed E-state index contributed by atoms with van der Waals surface area (Å²) in [7, 11) is 3.36. The van der Waals surface area contributed by atoms with Gasteiger partial charge in [0, 0.05) is 25.3 Å². The molecule has 0 radical (unpaired) electrons. The van der Waals surface area contributed by atoms with E-state index in [1.165, 1.54) is 12.1 Å². The van der Waals surface area contributed by atoms with Gasteiger partial charge in [-0.2, -0.15) is 13.2 Å². The van der Waals surface area contributed by atoms with Crippen molar-refractivity contribution >= 4 is 11.5 Å². The highest BCUT2D eigenvalue weighted by atomic mass is 19.4. The summed E-state index contributed by atoms with van der Waals surface area (Å²) in [5.41, 5.74) is 4.31. The molecule has 0 aliphatic carbocycles. The maximum absolute atomic E-state index is 12.7. The molecular formula is C11H13F3N2O. The Bertz CT molecular complexity index is 427. The van der Waals surface area contributed by atoms with Gasteiger partial charge in [-0.15, -0.1) is 0 Å². The van der Waals surface area contributed by atoms with Crippen molar-refractivity contribution in [3.05, 3.63) is 29.3 Å². The van der Waals surface area contributed by atoms with E-state index in [0.29, 0.717) is 5.69 Å². The Balaban J connectivity index is 3.37. The largest absolute Gasteiger partial charge is 0.417 e. The van der Waals surface area contributed by atoms with E-state index >= 15 is 0 Å². The van der Waals surface area contributed by atoms with Crippen molar-refractivity contribution in [2.24, 2.45) is 5.73 Å². The number of ketones is 1. The van der Waals surface area contributed by atoms with Crippen molar-refractivity contribution in [2.45, 2.75) is 6.18 Å². The minimum atomic E-state index is -4.55. The fraction of sp³-hybridized carbons (Fsp3) is 0.364. The summed E-state index contributed by atoms with van der Waals surface area (Å²) in [4.78, 5) is 13.0. The number of carbonyl (C=O) groups is 1. The molecule has 0 spiro atoms. The summed E-state index contributed by atoms with van der Waals surface area (Å²) < 4.78 is 38.0. The Hall–Kier alpha value is -1.56. The van der Waals surface area contributed by atoms with E-state index in [2.05, 4.69) is 0 Å². The molecule has 1 aromatic carbocycles. The van der Waals surface area contributed by atoms with Crippen LogP contribution < -0.4 is 10.6 Å². The third-order valence-corrected chi connectivity index (χ3v) is 2.31. The average molecular weight is 246 g/mol. The smallest absolute Gasteiger partial charge is 0.378 e. The molecule has 0 aromatic heterocycles. The highest BCUT2D eigenvalue weighted by molar-refractivity contribution is 5.99. The van der Waals surface area contributed by atoms with Crippen LogP contribution in [0.5, 0.6) is 0 Å². The van der Waals surface area contributed by atoms with E-state index in [1.54, 1.807) is 19.0 Å². The van der Waals surface area contributed by atoms with Gasteiger partial charge in [-0.25, -0.2) is 0 Å². The van der Waals surface area contributed by atoms with Gasteiger partial charge in [0.05, 0.1) is 12.1 Å². The van der Waals surface area contributed by atoms with Crippen molar-refractivity contribution in [1.29, 1.82) is 0 Å². The summed E-state index contributed by atoms with van der Waals surface area (Å²) >= 11 is 0. The molecule has 2 N–H and O–H groups in total. The summed E-state index contributed by atoms with van der Waals surface area (Å²) in [5, 5.41) is 0. The number of carbonyl (C=O) groups excluding carboxylic acids is 1. The fourth-order valence-corrected chi connectivity index (χ4v) is 1.40. The van der Waals surface area contributed by atoms with Gasteiger partial charge in [-0.05, 0) is 18.2 Å². The molecule has 0 bridgehead atoms. The third-order valence-electron chi connectivity index (χ3n) is 2.31. The number of hydrogen-bond donors (Lipinski definition) is 1. The molecule has 0 saturated carbocycles. The molecule has 94 valence electrons. The van der Waals surface area contributed by atoms with Gasteiger partial charge in [-0.3, -0.25) is 4.79 Å². The fourth-order valence-electron chi connectivity index (χ4n) is 1.40. The molecule has 17 heavy (non-hydrogen) atoms. The first-order chi connectivity index (χ1) is 7.77. The van der Waals surface area contributed by atoms with Crippen LogP contribution in [-0.2, 0) is 6.18 Å². The number of alkyl halides is 3. The van der Waals surface area contributed by atoms with Crippen LogP contribution in [0.25, 0.3) is 0 Å². The lowest BCUT2D eigenvalue weighted by molar-refractivity contribution is -0.137. The van der Waals surface area contributed by atoms with Crippen molar-refractivity contribution in [3.8, 4) is 0 Å². The van der Waals surface area contributed by atoms with Crippen LogP contribution in [-0.4, -0.2) is 26.4 Å². The predicted molar refractivity (Wildman–Crippen MR) is 59.2 cm³/mol. The molecule has 0 atom stereocenters. The van der Waals surface area contributed by atoms with Gasteiger partial charge in [0.2, 0.25) is 0 Å². The number of nitrogens with two attached hydrogens (primary N) is 1. The zero-order valence-electron chi connectivity index (χ0n) is 9.51. The Morgan fingerprint density at radius 2 is 1.94 bits per heavy atom. The van der Waals surface area contributed by atoms with E-state index in [1.807, 2.05) is 0 Å². The average Bonchev–Trinajstić information content (AvgIpc) is 2.25. The van der Waals surface area contributed by atoms with E-state index in [-0.39, 0.29) is 5.56 Å². The highest BCUT2D eigenvalue weighted by Crippen LogP contribution is 2.33. The molecule has 0 aliphatic heterocycles. The quantitative estimate of drug-likeness (QED) is 0.829. The molecule has 0 aliphatic rings. The minimum absolute atomic E-state index is 0.383. The second-order valence-corrected chi connectivity index (χ2v) is 3.75. The van der Waals surface area contributed by atoms with Crippen LogP contribution >= 0.6 is 0 Å². The zero-order chi connectivity index (χ0) is 13.2. The maximum atomic E-state index is 12.7. The van der Waals surface area contributed by atoms with Crippen LogP contribution in [0.1, 0.15) is 15.9 Å². The van der Waals surface area contributed by atoms with Crippen LogP contribution in [0.3, 0.4) is 0 Å². The second kappa shape index (κ2) is 4.75. The monoisotopic (exact) mass is 246 g/mol. The van der Waals surface area contributed by atoms with Crippen LogP contribution in [0.15, 0.2) is 18.2 Å². The zero-order valence-corrected chi connectivity index (χ0v) is 9.51. The van der Waals surface area contributed by atoms with Gasteiger partial charge in [0.25, 0.3) is 0 Å². The molecule has 6 heteroatoms.